The Bertz CT molecular complexity index is 1020. The Morgan fingerprint density at radius 2 is 1.85 bits per heavy atom. The van der Waals surface area contributed by atoms with Crippen molar-refractivity contribution in [1.82, 2.24) is 5.16 Å². The molecule has 7 nitrogen and oxygen atoms in total. The monoisotopic (exact) mass is 367 g/mol. The van der Waals surface area contributed by atoms with Crippen LogP contribution in [0.4, 0.5) is 0 Å². The number of aromatic nitrogens is 1. The third-order valence-electron chi connectivity index (χ3n) is 4.04. The number of carbonyl (C=O) groups is 1. The first kappa shape index (κ1) is 18.1. The number of ether oxygens (including phenoxy) is 1. The highest BCUT2D eigenvalue weighted by Gasteiger charge is 2.21. The molecule has 3 N–H and O–H groups in total. The van der Waals surface area contributed by atoms with Crippen LogP contribution in [-0.4, -0.2) is 33.6 Å². The van der Waals surface area contributed by atoms with E-state index in [0.717, 1.165) is 17.7 Å². The number of aliphatic carboxylic acids is 1. The molecular weight excluding hydrogens is 350 g/mol. The molecule has 3 aromatic rings. The Morgan fingerprint density at radius 3 is 2.48 bits per heavy atom. The van der Waals surface area contributed by atoms with Gasteiger partial charge in [-0.2, -0.15) is 0 Å². The van der Waals surface area contributed by atoms with E-state index in [-0.39, 0.29) is 22.6 Å². The molecule has 0 unspecified atom stereocenters. The van der Waals surface area contributed by atoms with E-state index in [1.165, 1.54) is 12.1 Å². The van der Waals surface area contributed by atoms with Crippen LogP contribution in [0, 0.1) is 6.92 Å². The fraction of sp³-hybridized carbons (Fsp3) is 0.100. The second kappa shape index (κ2) is 7.25. The van der Waals surface area contributed by atoms with Crippen LogP contribution in [0.3, 0.4) is 0 Å². The lowest BCUT2D eigenvalue weighted by Gasteiger charge is -2.08. The third-order valence-corrected chi connectivity index (χ3v) is 4.04. The molecule has 0 bridgehead atoms. The largest absolute Gasteiger partial charge is 0.507 e. The molecular formula is C20H17NO6. The average Bonchev–Trinajstić information content (AvgIpc) is 3.02. The second-order valence-corrected chi connectivity index (χ2v) is 5.80. The summed E-state index contributed by atoms with van der Waals surface area (Å²) in [5.41, 5.74) is 2.60. The highest BCUT2D eigenvalue weighted by molar-refractivity contribution is 5.88. The smallest absolute Gasteiger partial charge is 0.328 e. The van der Waals surface area contributed by atoms with Crippen molar-refractivity contribution in [3.8, 4) is 39.7 Å². The SMILES string of the molecule is COc1ccc(-c2c(C)noc2-c2cc(/C=C/C(=O)O)c(O)cc2O)cc1. The number of aryl methyl sites for hydroxylation is 1. The Labute approximate surface area is 154 Å². The van der Waals surface area contributed by atoms with Crippen molar-refractivity contribution in [2.24, 2.45) is 0 Å². The fourth-order valence-corrected chi connectivity index (χ4v) is 2.72. The molecule has 27 heavy (non-hydrogen) atoms. The Kier molecular flexibility index (Phi) is 4.85. The summed E-state index contributed by atoms with van der Waals surface area (Å²) in [4.78, 5) is 10.7. The van der Waals surface area contributed by atoms with E-state index in [2.05, 4.69) is 5.16 Å². The zero-order chi connectivity index (χ0) is 19.6. The van der Waals surface area contributed by atoms with E-state index in [1.54, 1.807) is 26.2 Å². The van der Waals surface area contributed by atoms with Gasteiger partial charge in [-0.25, -0.2) is 4.79 Å². The van der Waals surface area contributed by atoms with E-state index in [4.69, 9.17) is 14.4 Å². The summed E-state index contributed by atoms with van der Waals surface area (Å²) >= 11 is 0. The topological polar surface area (TPSA) is 113 Å². The van der Waals surface area contributed by atoms with Crippen molar-refractivity contribution in [1.29, 1.82) is 0 Å². The number of phenols is 2. The van der Waals surface area contributed by atoms with Gasteiger partial charge in [0.25, 0.3) is 0 Å². The van der Waals surface area contributed by atoms with Crippen molar-refractivity contribution in [3.05, 3.63) is 53.7 Å². The molecule has 0 saturated heterocycles. The molecule has 2 aromatic carbocycles. The number of aromatic hydroxyl groups is 2. The quantitative estimate of drug-likeness (QED) is 0.587. The van der Waals surface area contributed by atoms with Gasteiger partial charge in [0.15, 0.2) is 5.76 Å². The van der Waals surface area contributed by atoms with Crippen molar-refractivity contribution in [3.63, 3.8) is 0 Å². The molecule has 7 heteroatoms. The van der Waals surface area contributed by atoms with Crippen LogP contribution >= 0.6 is 0 Å². The van der Waals surface area contributed by atoms with Crippen LogP contribution in [0.2, 0.25) is 0 Å². The summed E-state index contributed by atoms with van der Waals surface area (Å²) in [6.45, 7) is 1.77. The van der Waals surface area contributed by atoms with E-state index in [9.17, 15) is 15.0 Å². The minimum atomic E-state index is -1.15. The van der Waals surface area contributed by atoms with Crippen LogP contribution < -0.4 is 4.74 Å². The Hall–Kier alpha value is -3.74. The summed E-state index contributed by atoms with van der Waals surface area (Å²) in [5.74, 6) is -0.622. The summed E-state index contributed by atoms with van der Waals surface area (Å²) in [6, 6.07) is 9.84. The highest BCUT2D eigenvalue weighted by Crippen LogP contribution is 2.41. The highest BCUT2D eigenvalue weighted by atomic mass is 16.5. The van der Waals surface area contributed by atoms with Crippen LogP contribution in [0.5, 0.6) is 17.2 Å². The molecule has 0 atom stereocenters. The van der Waals surface area contributed by atoms with Crippen LogP contribution in [-0.2, 0) is 4.79 Å². The van der Waals surface area contributed by atoms with Crippen molar-refractivity contribution in [2.75, 3.05) is 7.11 Å². The molecule has 0 aliphatic rings. The van der Waals surface area contributed by atoms with Gasteiger partial charge in [0, 0.05) is 17.7 Å². The van der Waals surface area contributed by atoms with Gasteiger partial charge in [0.2, 0.25) is 0 Å². The minimum Gasteiger partial charge on any atom is -0.507 e. The predicted octanol–water partition coefficient (Wildman–Crippen LogP) is 3.83. The fourth-order valence-electron chi connectivity index (χ4n) is 2.72. The number of methoxy groups -OCH3 is 1. The number of carboxylic acids is 1. The molecule has 138 valence electrons. The zero-order valence-corrected chi connectivity index (χ0v) is 14.6. The standard InChI is InChI=1S/C20H17NO6/c1-11-19(12-3-6-14(26-2)7-4-12)20(27-21-11)15-9-13(5-8-18(24)25)16(22)10-17(15)23/h3-10,22-23H,1-2H3,(H,24,25)/b8-5+. The van der Waals surface area contributed by atoms with E-state index in [1.807, 2.05) is 12.1 Å². The van der Waals surface area contributed by atoms with Crippen molar-refractivity contribution in [2.45, 2.75) is 6.92 Å². The normalized spacial score (nSPS) is 11.0. The molecule has 1 aromatic heterocycles. The van der Waals surface area contributed by atoms with Gasteiger partial charge in [-0.05, 0) is 36.8 Å². The Morgan fingerprint density at radius 1 is 1.15 bits per heavy atom. The first-order valence-corrected chi connectivity index (χ1v) is 7.98. The summed E-state index contributed by atoms with van der Waals surface area (Å²) in [5, 5.41) is 33.0. The predicted molar refractivity (Wildman–Crippen MR) is 98.7 cm³/mol. The lowest BCUT2D eigenvalue weighted by Crippen LogP contribution is -1.88. The van der Waals surface area contributed by atoms with E-state index in [0.29, 0.717) is 22.8 Å². The van der Waals surface area contributed by atoms with Crippen molar-refractivity contribution < 1.29 is 29.4 Å². The molecule has 0 amide bonds. The molecule has 1 heterocycles. The molecule has 0 fully saturated rings. The number of rotatable bonds is 5. The lowest BCUT2D eigenvalue weighted by molar-refractivity contribution is -0.131. The lowest BCUT2D eigenvalue weighted by atomic mass is 9.97. The van der Waals surface area contributed by atoms with Gasteiger partial charge in [0.05, 0.1) is 23.9 Å². The first-order valence-electron chi connectivity index (χ1n) is 7.98. The number of phenolic OH excluding ortho intramolecular Hbond substituents is 2. The van der Waals surface area contributed by atoms with Crippen LogP contribution in [0.25, 0.3) is 28.5 Å². The first-order chi connectivity index (χ1) is 12.9. The van der Waals surface area contributed by atoms with Crippen LogP contribution in [0.15, 0.2) is 47.0 Å². The van der Waals surface area contributed by atoms with Gasteiger partial charge in [-0.1, -0.05) is 17.3 Å². The number of hydrogen-bond donors (Lipinski definition) is 3. The maximum atomic E-state index is 10.7. The molecule has 0 aliphatic carbocycles. The van der Waals surface area contributed by atoms with Crippen LogP contribution in [0.1, 0.15) is 11.3 Å². The molecule has 0 radical (unpaired) electrons. The molecule has 0 spiro atoms. The number of nitrogens with zero attached hydrogens (tertiary/aromatic N) is 1. The zero-order valence-electron chi connectivity index (χ0n) is 14.6. The summed E-state index contributed by atoms with van der Waals surface area (Å²) in [6.07, 6.45) is 2.13. The van der Waals surface area contributed by atoms with E-state index >= 15 is 0 Å². The average molecular weight is 367 g/mol. The number of hydrogen-bond acceptors (Lipinski definition) is 6. The Balaban J connectivity index is 2.14. The summed E-state index contributed by atoms with van der Waals surface area (Å²) in [7, 11) is 1.58. The molecule has 0 aliphatic heterocycles. The number of benzene rings is 2. The van der Waals surface area contributed by atoms with Crippen molar-refractivity contribution >= 4 is 12.0 Å². The number of carboxylic acid groups (broad SMARTS) is 1. The summed E-state index contributed by atoms with van der Waals surface area (Å²) < 4.78 is 10.6. The second-order valence-electron chi connectivity index (χ2n) is 5.80. The van der Waals surface area contributed by atoms with Gasteiger partial charge >= 0.3 is 5.97 Å². The third kappa shape index (κ3) is 3.62. The van der Waals surface area contributed by atoms with Gasteiger partial charge in [-0.15, -0.1) is 0 Å². The van der Waals surface area contributed by atoms with E-state index < -0.39 is 5.97 Å². The molecule has 0 saturated carbocycles. The molecule has 3 rings (SSSR count). The van der Waals surface area contributed by atoms with Gasteiger partial charge in [-0.3, -0.25) is 0 Å². The maximum Gasteiger partial charge on any atom is 0.328 e. The maximum absolute atomic E-state index is 10.7. The van der Waals surface area contributed by atoms with Gasteiger partial charge in [0.1, 0.15) is 17.2 Å². The minimum absolute atomic E-state index is 0.217. The van der Waals surface area contributed by atoms with Gasteiger partial charge < -0.3 is 24.6 Å².